The van der Waals surface area contributed by atoms with E-state index in [4.69, 9.17) is 0 Å². The highest BCUT2D eigenvalue weighted by Crippen LogP contribution is 2.27. The molecule has 0 aliphatic heterocycles. The van der Waals surface area contributed by atoms with E-state index in [1.165, 1.54) is 30.3 Å². The summed E-state index contributed by atoms with van der Waals surface area (Å²) < 4.78 is 39.8. The van der Waals surface area contributed by atoms with Crippen molar-refractivity contribution in [1.29, 1.82) is 0 Å². The molecule has 1 aromatic heterocycles. The molecule has 0 fully saturated rings. The van der Waals surface area contributed by atoms with E-state index in [0.717, 1.165) is 23.9 Å². The van der Waals surface area contributed by atoms with Gasteiger partial charge in [-0.3, -0.25) is 4.79 Å². The number of fused-ring (bicyclic) bond motifs is 1. The van der Waals surface area contributed by atoms with Crippen LogP contribution in [-0.4, -0.2) is 21.5 Å². The third-order valence-electron chi connectivity index (χ3n) is 4.26. The normalized spacial score (nSPS) is 10.9. The van der Waals surface area contributed by atoms with Gasteiger partial charge in [-0.1, -0.05) is 23.9 Å². The van der Waals surface area contributed by atoms with Gasteiger partial charge in [-0.05, 0) is 48.5 Å². The van der Waals surface area contributed by atoms with Crippen LogP contribution in [0.4, 0.5) is 24.7 Å². The average molecular weight is 425 g/mol. The molecule has 150 valence electrons. The molecular formula is C22H14F3N3OS. The highest BCUT2D eigenvalue weighted by Gasteiger charge is 2.12. The van der Waals surface area contributed by atoms with Crippen molar-refractivity contribution in [3.63, 3.8) is 0 Å². The van der Waals surface area contributed by atoms with Gasteiger partial charge >= 0.3 is 0 Å². The number of benzene rings is 3. The number of carbonyl (C=O) groups excluding carboxylic acids is 1. The number of Topliss-reactive ketones (excluding diaryl/α,β-unsaturated/α-hetero) is 1. The molecule has 8 heteroatoms. The first-order valence-corrected chi connectivity index (χ1v) is 9.88. The maximum Gasteiger partial charge on any atom is 0.190 e. The molecule has 0 aliphatic carbocycles. The number of halogens is 3. The summed E-state index contributed by atoms with van der Waals surface area (Å²) in [6.07, 6.45) is 0. The first-order valence-electron chi connectivity index (χ1n) is 8.90. The Labute approximate surface area is 174 Å². The third kappa shape index (κ3) is 4.44. The Hall–Kier alpha value is -3.39. The van der Waals surface area contributed by atoms with Crippen LogP contribution in [0.25, 0.3) is 10.9 Å². The van der Waals surface area contributed by atoms with E-state index < -0.39 is 17.5 Å². The molecule has 0 radical (unpaired) electrons. The van der Waals surface area contributed by atoms with Crippen molar-refractivity contribution in [3.8, 4) is 0 Å². The van der Waals surface area contributed by atoms with E-state index in [2.05, 4.69) is 15.3 Å². The van der Waals surface area contributed by atoms with E-state index in [9.17, 15) is 18.0 Å². The molecule has 30 heavy (non-hydrogen) atoms. The number of hydrogen-bond acceptors (Lipinski definition) is 5. The van der Waals surface area contributed by atoms with Crippen LogP contribution >= 0.6 is 11.8 Å². The highest BCUT2D eigenvalue weighted by molar-refractivity contribution is 7.99. The van der Waals surface area contributed by atoms with Crippen LogP contribution < -0.4 is 5.32 Å². The van der Waals surface area contributed by atoms with Crippen molar-refractivity contribution in [3.05, 3.63) is 89.7 Å². The van der Waals surface area contributed by atoms with E-state index in [-0.39, 0.29) is 11.5 Å². The van der Waals surface area contributed by atoms with Gasteiger partial charge in [-0.25, -0.2) is 23.1 Å². The van der Waals surface area contributed by atoms with Crippen LogP contribution in [0, 0.1) is 17.5 Å². The fourth-order valence-electron chi connectivity index (χ4n) is 2.77. The number of nitrogens with one attached hydrogen (secondary N) is 1. The topological polar surface area (TPSA) is 54.9 Å². The van der Waals surface area contributed by atoms with Crippen LogP contribution in [0.5, 0.6) is 0 Å². The standard InChI is InChI=1S/C22H14F3N3OS/c23-14-7-5-13(6-8-14)20(29)12-30-22-27-19-4-2-1-3-16(19)21(28-22)26-15-9-10-17(24)18(25)11-15/h1-11H,12H2,(H,26,27,28). The van der Waals surface area contributed by atoms with Crippen molar-refractivity contribution in [1.82, 2.24) is 9.97 Å². The van der Waals surface area contributed by atoms with Gasteiger partial charge in [0.05, 0.1) is 11.3 Å². The van der Waals surface area contributed by atoms with Crippen LogP contribution in [0.2, 0.25) is 0 Å². The summed E-state index contributed by atoms with van der Waals surface area (Å²) in [6.45, 7) is 0. The van der Waals surface area contributed by atoms with Gasteiger partial charge in [0, 0.05) is 22.7 Å². The maximum atomic E-state index is 13.6. The van der Waals surface area contributed by atoms with Gasteiger partial charge in [0.25, 0.3) is 0 Å². The first kappa shape index (κ1) is 19.9. The summed E-state index contributed by atoms with van der Waals surface area (Å²) in [6, 6.07) is 16.0. The molecule has 1 N–H and O–H groups in total. The van der Waals surface area contributed by atoms with Crippen molar-refractivity contribution < 1.29 is 18.0 Å². The zero-order valence-corrected chi connectivity index (χ0v) is 16.2. The minimum absolute atomic E-state index is 0.0641. The Morgan fingerprint density at radius 3 is 2.43 bits per heavy atom. The molecule has 0 atom stereocenters. The summed E-state index contributed by atoms with van der Waals surface area (Å²) in [5.74, 6) is -2.05. The fraction of sp³-hybridized carbons (Fsp3) is 0.0455. The van der Waals surface area contributed by atoms with Gasteiger partial charge in [0.2, 0.25) is 0 Å². The predicted octanol–water partition coefficient (Wildman–Crippen LogP) is 5.77. The number of carbonyl (C=O) groups is 1. The van der Waals surface area contributed by atoms with Gasteiger partial charge in [0.1, 0.15) is 11.6 Å². The molecule has 0 saturated heterocycles. The molecule has 4 nitrogen and oxygen atoms in total. The predicted molar refractivity (Wildman–Crippen MR) is 111 cm³/mol. The summed E-state index contributed by atoms with van der Waals surface area (Å²) in [4.78, 5) is 21.2. The molecule has 1 heterocycles. The van der Waals surface area contributed by atoms with E-state index in [0.29, 0.717) is 33.1 Å². The van der Waals surface area contributed by atoms with Crippen molar-refractivity contribution in [2.24, 2.45) is 0 Å². The molecule has 0 amide bonds. The number of anilines is 2. The molecule has 0 saturated carbocycles. The van der Waals surface area contributed by atoms with Gasteiger partial charge in [0.15, 0.2) is 22.6 Å². The van der Waals surface area contributed by atoms with Gasteiger partial charge < -0.3 is 5.32 Å². The Morgan fingerprint density at radius 2 is 1.67 bits per heavy atom. The second-order valence-electron chi connectivity index (χ2n) is 6.34. The van der Waals surface area contributed by atoms with Crippen LogP contribution in [0.3, 0.4) is 0 Å². The number of para-hydroxylation sites is 1. The SMILES string of the molecule is O=C(CSc1nc(Nc2ccc(F)c(F)c2)c2ccccc2n1)c1ccc(F)cc1. The Bertz CT molecular complexity index is 1230. The van der Waals surface area contributed by atoms with Crippen molar-refractivity contribution >= 4 is 40.0 Å². The van der Waals surface area contributed by atoms with Gasteiger partial charge in [-0.15, -0.1) is 0 Å². The molecule has 4 rings (SSSR count). The molecule has 3 aromatic carbocycles. The van der Waals surface area contributed by atoms with Crippen LogP contribution in [-0.2, 0) is 0 Å². The number of aromatic nitrogens is 2. The fourth-order valence-corrected chi connectivity index (χ4v) is 3.52. The quantitative estimate of drug-likeness (QED) is 0.242. The summed E-state index contributed by atoms with van der Waals surface area (Å²) in [5, 5.41) is 4.02. The van der Waals surface area contributed by atoms with Gasteiger partial charge in [-0.2, -0.15) is 0 Å². The number of thioether (sulfide) groups is 1. The second-order valence-corrected chi connectivity index (χ2v) is 7.29. The second kappa shape index (κ2) is 8.54. The van der Waals surface area contributed by atoms with E-state index >= 15 is 0 Å². The number of ketones is 1. The summed E-state index contributed by atoms with van der Waals surface area (Å²) in [5.41, 5.74) is 1.36. The van der Waals surface area contributed by atoms with E-state index in [1.54, 1.807) is 12.1 Å². The smallest absolute Gasteiger partial charge is 0.190 e. The lowest BCUT2D eigenvalue weighted by Gasteiger charge is -2.11. The Kier molecular flexibility index (Phi) is 5.67. The monoisotopic (exact) mass is 425 g/mol. The molecule has 0 spiro atoms. The highest BCUT2D eigenvalue weighted by atomic mass is 32.2. The Balaban J connectivity index is 1.60. The molecule has 0 bridgehead atoms. The largest absolute Gasteiger partial charge is 0.339 e. The molecule has 4 aromatic rings. The molecular weight excluding hydrogens is 411 g/mol. The zero-order valence-electron chi connectivity index (χ0n) is 15.4. The zero-order chi connectivity index (χ0) is 21.1. The lowest BCUT2D eigenvalue weighted by molar-refractivity contribution is 0.102. The van der Waals surface area contributed by atoms with E-state index in [1.807, 2.05) is 12.1 Å². The number of nitrogens with zero attached hydrogens (tertiary/aromatic N) is 2. The molecule has 0 unspecified atom stereocenters. The van der Waals surface area contributed by atoms with Crippen LogP contribution in [0.1, 0.15) is 10.4 Å². The summed E-state index contributed by atoms with van der Waals surface area (Å²) in [7, 11) is 0. The molecule has 0 aliphatic rings. The maximum absolute atomic E-state index is 13.6. The third-order valence-corrected chi connectivity index (χ3v) is 5.11. The minimum atomic E-state index is -0.974. The first-order chi connectivity index (χ1) is 14.5. The number of rotatable bonds is 6. The minimum Gasteiger partial charge on any atom is -0.339 e. The lowest BCUT2D eigenvalue weighted by atomic mass is 10.1. The van der Waals surface area contributed by atoms with Crippen molar-refractivity contribution in [2.75, 3.05) is 11.1 Å². The number of hydrogen-bond donors (Lipinski definition) is 1. The van der Waals surface area contributed by atoms with Crippen molar-refractivity contribution in [2.45, 2.75) is 5.16 Å². The summed E-state index contributed by atoms with van der Waals surface area (Å²) >= 11 is 1.13. The Morgan fingerprint density at radius 1 is 0.900 bits per heavy atom. The van der Waals surface area contributed by atoms with Crippen LogP contribution in [0.15, 0.2) is 71.9 Å². The average Bonchev–Trinajstić information content (AvgIpc) is 2.75. The lowest BCUT2D eigenvalue weighted by Crippen LogP contribution is -2.04.